The van der Waals surface area contributed by atoms with Gasteiger partial charge in [-0.1, -0.05) is 50.2 Å². The topological polar surface area (TPSA) is 93.7 Å². The fraction of sp³-hybridized carbons (Fsp3) is 0.458. The van der Waals surface area contributed by atoms with Crippen molar-refractivity contribution in [1.29, 1.82) is 5.26 Å². The molecule has 2 aromatic carbocycles. The molecule has 0 bridgehead atoms. The molecule has 0 aromatic heterocycles. The van der Waals surface area contributed by atoms with E-state index in [0.717, 1.165) is 22.3 Å². The van der Waals surface area contributed by atoms with E-state index in [1.165, 1.54) is 0 Å². The Labute approximate surface area is 173 Å². The van der Waals surface area contributed by atoms with Crippen molar-refractivity contribution in [3.8, 4) is 6.07 Å². The molecule has 5 nitrogen and oxygen atoms in total. The Morgan fingerprint density at radius 1 is 1.03 bits per heavy atom. The van der Waals surface area contributed by atoms with Crippen molar-refractivity contribution in [3.05, 3.63) is 70.3 Å². The minimum atomic E-state index is -0.501. The molecule has 0 radical (unpaired) electrons. The monoisotopic (exact) mass is 397 g/mol. The Hall–Kier alpha value is -2.23. The van der Waals surface area contributed by atoms with E-state index >= 15 is 0 Å². The molecule has 1 aliphatic rings. The van der Waals surface area contributed by atoms with E-state index < -0.39 is 6.10 Å². The number of nitriles is 1. The zero-order valence-electron chi connectivity index (χ0n) is 17.2. The third kappa shape index (κ3) is 6.38. The first kappa shape index (κ1) is 23.1. The lowest BCUT2D eigenvalue weighted by molar-refractivity contribution is -0.113. The number of ether oxygens (including phenoxy) is 1. The van der Waals surface area contributed by atoms with Crippen molar-refractivity contribution in [2.24, 2.45) is 0 Å². The fourth-order valence-electron chi connectivity index (χ4n) is 3.56. The molecule has 3 N–H and O–H groups in total. The van der Waals surface area contributed by atoms with Gasteiger partial charge in [-0.05, 0) is 41.2 Å². The first-order valence-electron chi connectivity index (χ1n) is 10.3. The number of nitrogens with zero attached hydrogens (tertiary/aromatic N) is 1. The molecule has 5 heteroatoms. The zero-order valence-corrected chi connectivity index (χ0v) is 17.2. The zero-order chi connectivity index (χ0) is 21.2. The van der Waals surface area contributed by atoms with Crippen molar-refractivity contribution in [1.82, 2.24) is 0 Å². The number of hydrogen-bond donors (Lipinski definition) is 3. The van der Waals surface area contributed by atoms with Crippen molar-refractivity contribution >= 4 is 0 Å². The largest absolute Gasteiger partial charge is 0.396 e. The fourth-order valence-corrected chi connectivity index (χ4v) is 3.56. The highest BCUT2D eigenvalue weighted by Crippen LogP contribution is 2.32. The molecule has 1 saturated heterocycles. The molecular formula is C24H31NO4. The van der Waals surface area contributed by atoms with Gasteiger partial charge in [0.05, 0.1) is 36.6 Å². The van der Waals surface area contributed by atoms with E-state index in [1.54, 1.807) is 6.07 Å². The van der Waals surface area contributed by atoms with Crippen LogP contribution in [0.1, 0.15) is 60.6 Å². The van der Waals surface area contributed by atoms with Crippen LogP contribution in [0, 0.1) is 11.3 Å². The van der Waals surface area contributed by atoms with Crippen molar-refractivity contribution in [3.63, 3.8) is 0 Å². The third-order valence-electron chi connectivity index (χ3n) is 5.02. The highest BCUT2D eigenvalue weighted by molar-refractivity contribution is 5.44. The predicted octanol–water partition coefficient (Wildman–Crippen LogP) is 3.28. The maximum absolute atomic E-state index is 10.1. The molecule has 0 spiro atoms. The molecule has 156 valence electrons. The second-order valence-corrected chi connectivity index (χ2v) is 7.05. The van der Waals surface area contributed by atoms with Gasteiger partial charge in [-0.2, -0.15) is 5.26 Å². The standard InChI is InChI=1S/C22H25NO4.C2H6/c23-13-18-6-5-17(22-12-20(26)11-21(14-25)27-22)10-19(18)9-16-3-1-15(2-4-16)7-8-24;1-2/h1-6,10,20-22,24-26H,7-9,11-12,14H2;1-2H3/t20-,21-,22+;/m0./s1. The summed E-state index contributed by atoms with van der Waals surface area (Å²) >= 11 is 0. The van der Waals surface area contributed by atoms with Gasteiger partial charge in [0.15, 0.2) is 0 Å². The molecule has 0 saturated carbocycles. The third-order valence-corrected chi connectivity index (χ3v) is 5.02. The first-order valence-corrected chi connectivity index (χ1v) is 10.3. The highest BCUT2D eigenvalue weighted by Gasteiger charge is 2.29. The second-order valence-electron chi connectivity index (χ2n) is 7.05. The maximum Gasteiger partial charge on any atom is 0.0994 e. The van der Waals surface area contributed by atoms with Crippen molar-refractivity contribution in [2.75, 3.05) is 13.2 Å². The summed E-state index contributed by atoms with van der Waals surface area (Å²) in [6.07, 6.45) is 1.02. The Morgan fingerprint density at radius 3 is 2.34 bits per heavy atom. The second kappa shape index (κ2) is 11.7. The van der Waals surface area contributed by atoms with E-state index in [1.807, 2.05) is 50.2 Å². The predicted molar refractivity (Wildman–Crippen MR) is 112 cm³/mol. The first-order chi connectivity index (χ1) is 14.1. The Kier molecular flexibility index (Phi) is 9.30. The summed E-state index contributed by atoms with van der Waals surface area (Å²) in [5, 5.41) is 37.9. The van der Waals surface area contributed by atoms with Crippen LogP contribution in [0.2, 0.25) is 0 Å². The molecule has 1 heterocycles. The maximum atomic E-state index is 10.1. The molecule has 0 amide bonds. The van der Waals surface area contributed by atoms with Gasteiger partial charge in [0.2, 0.25) is 0 Å². The summed E-state index contributed by atoms with van der Waals surface area (Å²) in [5.41, 5.74) is 4.61. The Bertz CT molecular complexity index is 798. The van der Waals surface area contributed by atoms with Crippen LogP contribution in [0.3, 0.4) is 0 Å². The average molecular weight is 398 g/mol. The summed E-state index contributed by atoms with van der Waals surface area (Å²) in [6, 6.07) is 15.9. The number of aliphatic hydroxyl groups excluding tert-OH is 3. The van der Waals surface area contributed by atoms with E-state index in [-0.39, 0.29) is 25.4 Å². The van der Waals surface area contributed by atoms with E-state index in [2.05, 4.69) is 6.07 Å². The molecule has 3 rings (SSSR count). The molecular weight excluding hydrogens is 366 g/mol. The number of rotatable bonds is 6. The normalized spacial score (nSPS) is 21.0. The van der Waals surface area contributed by atoms with Crippen molar-refractivity contribution in [2.45, 2.75) is 57.8 Å². The van der Waals surface area contributed by atoms with Crippen LogP contribution in [0.25, 0.3) is 0 Å². The summed E-state index contributed by atoms with van der Waals surface area (Å²) in [7, 11) is 0. The molecule has 29 heavy (non-hydrogen) atoms. The average Bonchev–Trinajstić information content (AvgIpc) is 2.76. The molecule has 0 aliphatic carbocycles. The number of benzene rings is 2. The van der Waals surface area contributed by atoms with Crippen LogP contribution in [0.15, 0.2) is 42.5 Å². The minimum absolute atomic E-state index is 0.114. The lowest BCUT2D eigenvalue weighted by Gasteiger charge is -2.32. The van der Waals surface area contributed by atoms with Crippen LogP contribution >= 0.6 is 0 Å². The summed E-state index contributed by atoms with van der Waals surface area (Å²) in [6.45, 7) is 4.01. The van der Waals surface area contributed by atoms with Crippen LogP contribution in [-0.4, -0.2) is 40.7 Å². The van der Waals surface area contributed by atoms with Crippen LogP contribution in [-0.2, 0) is 17.6 Å². The van der Waals surface area contributed by atoms with E-state index in [9.17, 15) is 15.5 Å². The Morgan fingerprint density at radius 2 is 1.72 bits per heavy atom. The molecule has 1 fully saturated rings. The van der Waals surface area contributed by atoms with E-state index in [4.69, 9.17) is 9.84 Å². The van der Waals surface area contributed by atoms with Gasteiger partial charge < -0.3 is 20.1 Å². The van der Waals surface area contributed by atoms with Gasteiger partial charge >= 0.3 is 0 Å². The smallest absolute Gasteiger partial charge is 0.0994 e. The highest BCUT2D eigenvalue weighted by atomic mass is 16.5. The molecule has 1 aliphatic heterocycles. The van der Waals surface area contributed by atoms with Crippen LogP contribution in [0.4, 0.5) is 0 Å². The molecule has 2 aromatic rings. The van der Waals surface area contributed by atoms with Gasteiger partial charge in [0.1, 0.15) is 0 Å². The number of aliphatic hydroxyl groups is 3. The lowest BCUT2D eigenvalue weighted by atomic mass is 9.92. The van der Waals surface area contributed by atoms with Gasteiger partial charge in [0.25, 0.3) is 0 Å². The number of hydrogen-bond acceptors (Lipinski definition) is 5. The van der Waals surface area contributed by atoms with Gasteiger partial charge in [-0.15, -0.1) is 0 Å². The SMILES string of the molecule is CC.N#Cc1ccc([C@H]2C[C@@H](O)C[C@@H](CO)O2)cc1Cc1ccc(CCO)cc1. The van der Waals surface area contributed by atoms with Gasteiger partial charge in [-0.25, -0.2) is 0 Å². The molecule has 3 atom stereocenters. The minimum Gasteiger partial charge on any atom is -0.396 e. The van der Waals surface area contributed by atoms with Gasteiger partial charge in [0, 0.05) is 19.4 Å². The summed E-state index contributed by atoms with van der Waals surface area (Å²) in [5.74, 6) is 0. The molecule has 0 unspecified atom stereocenters. The lowest BCUT2D eigenvalue weighted by Crippen LogP contribution is -2.33. The summed E-state index contributed by atoms with van der Waals surface area (Å²) in [4.78, 5) is 0. The van der Waals surface area contributed by atoms with Gasteiger partial charge in [-0.3, -0.25) is 0 Å². The quantitative estimate of drug-likeness (QED) is 0.695. The summed E-state index contributed by atoms with van der Waals surface area (Å²) < 4.78 is 5.90. The van der Waals surface area contributed by atoms with Crippen LogP contribution < -0.4 is 0 Å². The van der Waals surface area contributed by atoms with Crippen molar-refractivity contribution < 1.29 is 20.1 Å². The van der Waals surface area contributed by atoms with Crippen LogP contribution in [0.5, 0.6) is 0 Å². The Balaban J connectivity index is 0.00000145. The van der Waals surface area contributed by atoms with E-state index in [0.29, 0.717) is 31.2 Å².